The highest BCUT2D eigenvalue weighted by molar-refractivity contribution is 5.21. The van der Waals surface area contributed by atoms with Crippen LogP contribution in [0.5, 0.6) is 0 Å². The predicted octanol–water partition coefficient (Wildman–Crippen LogP) is 1.17. The van der Waals surface area contributed by atoms with Crippen molar-refractivity contribution in [1.82, 2.24) is 4.98 Å². The minimum absolute atomic E-state index is 0.802. The minimum atomic E-state index is -1.53. The second-order valence-corrected chi connectivity index (χ2v) is 1.62. The highest BCUT2D eigenvalue weighted by Crippen LogP contribution is 2.07. The number of rotatable bonds is 0. The van der Waals surface area contributed by atoms with Crippen LogP contribution in [-0.4, -0.2) is 4.98 Å². The third-order valence-corrected chi connectivity index (χ3v) is 0.924. The van der Waals surface area contributed by atoms with Gasteiger partial charge in [-0.2, -0.15) is 9.65 Å². The zero-order valence-corrected chi connectivity index (χ0v) is 5.03. The second-order valence-electron chi connectivity index (χ2n) is 1.62. The smallest absolute Gasteiger partial charge is 0.203 e. The fourth-order valence-electron chi connectivity index (χ4n) is 0.478. The third kappa shape index (κ3) is 1.29. The van der Waals surface area contributed by atoms with Gasteiger partial charge in [-0.3, -0.25) is 0 Å². The molecule has 1 aromatic heterocycles. The van der Waals surface area contributed by atoms with Gasteiger partial charge in [-0.25, -0.2) is 13.8 Å². The van der Waals surface area contributed by atoms with Crippen LogP contribution in [0.15, 0.2) is 0 Å². The van der Waals surface area contributed by atoms with E-state index in [-0.39, 0.29) is 0 Å². The van der Waals surface area contributed by atoms with Gasteiger partial charge in [-0.15, -0.1) is 0 Å². The fraction of sp³-hybridized carbons (Fsp3) is 0. The predicted molar refractivity (Wildman–Crippen MR) is 27.7 cm³/mol. The van der Waals surface area contributed by atoms with E-state index in [4.69, 9.17) is 5.26 Å². The molecule has 2 nitrogen and oxygen atoms in total. The largest absolute Gasteiger partial charge is 0.251 e. The lowest BCUT2D eigenvalue weighted by Gasteiger charge is -1.91. The van der Waals surface area contributed by atoms with Crippen LogP contribution in [0.3, 0.4) is 0 Å². The first-order valence-corrected chi connectivity index (χ1v) is 2.49. The molecule has 0 atom stereocenters. The summed E-state index contributed by atoms with van der Waals surface area (Å²) >= 11 is 0. The fourth-order valence-corrected chi connectivity index (χ4v) is 0.478. The van der Waals surface area contributed by atoms with Crippen molar-refractivity contribution in [3.8, 4) is 6.07 Å². The van der Waals surface area contributed by atoms with Crippen molar-refractivity contribution < 1.29 is 13.2 Å². The normalized spacial score (nSPS) is 9.27. The number of hydrogen-bond acceptors (Lipinski definition) is 2. The molecule has 0 aliphatic heterocycles. The van der Waals surface area contributed by atoms with Crippen LogP contribution in [0.4, 0.5) is 13.2 Å². The summed E-state index contributed by atoms with van der Waals surface area (Å²) in [6, 6.07) is 2.60. The van der Waals surface area contributed by atoms with E-state index in [9.17, 15) is 13.2 Å². The lowest BCUT2D eigenvalue weighted by molar-refractivity contribution is 0.460. The monoisotopic (exact) mass is 157 g/mol. The Morgan fingerprint density at radius 2 is 1.91 bits per heavy atom. The number of hydrogen-bond donors (Lipinski definition) is 0. The first-order chi connectivity index (χ1) is 5.15. The van der Waals surface area contributed by atoms with Crippen molar-refractivity contribution >= 4 is 0 Å². The molecule has 0 aliphatic carbocycles. The number of halogens is 3. The van der Waals surface area contributed by atoms with Gasteiger partial charge in [-0.05, 0) is 0 Å². The molecule has 11 heavy (non-hydrogen) atoms. The van der Waals surface area contributed by atoms with Gasteiger partial charge in [0.05, 0.1) is 6.07 Å². The quantitative estimate of drug-likeness (QED) is 0.530. The summed E-state index contributed by atoms with van der Waals surface area (Å²) < 4.78 is 36.4. The van der Waals surface area contributed by atoms with Gasteiger partial charge in [0, 0.05) is 0 Å². The average molecular weight is 157 g/mol. The Kier molecular flexibility index (Phi) is 1.77. The molecule has 5 heteroatoms. The van der Waals surface area contributed by atoms with Crippen LogP contribution in [-0.2, 0) is 0 Å². The van der Waals surface area contributed by atoms with E-state index >= 15 is 0 Å². The summed E-state index contributed by atoms with van der Waals surface area (Å²) in [6.45, 7) is 0. The van der Waals surface area contributed by atoms with Crippen LogP contribution in [0.25, 0.3) is 0 Å². The molecule has 0 N–H and O–H groups in total. The van der Waals surface area contributed by atoms with E-state index < -0.39 is 23.3 Å². The molecule has 0 saturated carbocycles. The maximum absolute atomic E-state index is 12.3. The summed E-state index contributed by atoms with van der Waals surface area (Å²) in [6.07, 6.45) is 0. The molecule has 0 spiro atoms. The van der Waals surface area contributed by atoms with E-state index in [0.717, 1.165) is 0 Å². The molecule has 0 saturated heterocycles. The molecule has 0 aromatic carbocycles. The summed E-state index contributed by atoms with van der Waals surface area (Å²) in [5.74, 6) is -4.34. The summed E-state index contributed by atoms with van der Waals surface area (Å²) in [5.41, 5.74) is -0.802. The summed E-state index contributed by atoms with van der Waals surface area (Å²) in [5, 5.41) is 8.07. The molecular formula is C6F3N2. The zero-order valence-electron chi connectivity index (χ0n) is 5.03. The Labute approximate surface area is 59.9 Å². The highest BCUT2D eigenvalue weighted by atomic mass is 19.2. The zero-order chi connectivity index (χ0) is 8.43. The summed E-state index contributed by atoms with van der Waals surface area (Å²) in [4.78, 5) is 2.68. The van der Waals surface area contributed by atoms with E-state index in [0.29, 0.717) is 0 Å². The van der Waals surface area contributed by atoms with Crippen LogP contribution < -0.4 is 0 Å². The Morgan fingerprint density at radius 1 is 1.27 bits per heavy atom. The third-order valence-electron chi connectivity index (χ3n) is 0.924. The van der Waals surface area contributed by atoms with E-state index in [2.05, 4.69) is 4.98 Å². The highest BCUT2D eigenvalue weighted by Gasteiger charge is 2.10. The van der Waals surface area contributed by atoms with Crippen molar-refractivity contribution in [3.63, 3.8) is 0 Å². The molecule has 0 bridgehead atoms. The second kappa shape index (κ2) is 2.58. The van der Waals surface area contributed by atoms with Crippen molar-refractivity contribution in [2.75, 3.05) is 0 Å². The number of nitrogens with zero attached hydrogens (tertiary/aromatic N) is 2. The van der Waals surface area contributed by atoms with Gasteiger partial charge in [0.2, 0.25) is 0 Å². The standard InChI is InChI=1S/C6F3N2/c7-3-1-4(8)6(9)11-5(3)2-10. The van der Waals surface area contributed by atoms with Crippen LogP contribution in [0, 0.1) is 35.0 Å². The molecule has 1 aromatic rings. The Bertz CT molecular complexity index is 329. The molecule has 0 aliphatic rings. The number of nitriles is 1. The van der Waals surface area contributed by atoms with Gasteiger partial charge in [0.25, 0.3) is 5.95 Å². The van der Waals surface area contributed by atoms with Crippen molar-refractivity contribution in [2.24, 2.45) is 0 Å². The van der Waals surface area contributed by atoms with Crippen LogP contribution in [0.2, 0.25) is 0 Å². The maximum atomic E-state index is 12.3. The molecule has 1 rings (SSSR count). The topological polar surface area (TPSA) is 36.7 Å². The lowest BCUT2D eigenvalue weighted by Crippen LogP contribution is -1.97. The van der Waals surface area contributed by atoms with Gasteiger partial charge < -0.3 is 0 Å². The van der Waals surface area contributed by atoms with Gasteiger partial charge in [-0.1, -0.05) is 0 Å². The molecule has 0 unspecified atom stereocenters. The first-order valence-electron chi connectivity index (χ1n) is 2.49. The lowest BCUT2D eigenvalue weighted by atomic mass is 10.3. The average Bonchev–Trinajstić information content (AvgIpc) is 1.97. The first kappa shape index (κ1) is 7.54. The molecule has 0 amide bonds. The number of pyridine rings is 1. The van der Waals surface area contributed by atoms with E-state index in [1.807, 2.05) is 0 Å². The Morgan fingerprint density at radius 3 is 2.45 bits per heavy atom. The number of aromatic nitrogens is 1. The molecular weight excluding hydrogens is 157 g/mol. The Hall–Kier alpha value is -1.57. The summed E-state index contributed by atoms with van der Waals surface area (Å²) in [7, 11) is 0. The SMILES string of the molecule is N#Cc1nc(F)c(F)[c]c1F. The van der Waals surface area contributed by atoms with E-state index in [1.165, 1.54) is 12.1 Å². The molecule has 0 fully saturated rings. The maximum Gasteiger partial charge on any atom is 0.251 e. The van der Waals surface area contributed by atoms with Crippen LogP contribution in [0.1, 0.15) is 5.69 Å². The molecule has 1 heterocycles. The van der Waals surface area contributed by atoms with Gasteiger partial charge >= 0.3 is 0 Å². The van der Waals surface area contributed by atoms with E-state index in [1.54, 1.807) is 0 Å². The molecule has 55 valence electrons. The molecule has 1 radical (unpaired) electrons. The Balaban J connectivity index is 3.35. The van der Waals surface area contributed by atoms with Crippen LogP contribution >= 0.6 is 0 Å². The minimum Gasteiger partial charge on any atom is -0.203 e. The van der Waals surface area contributed by atoms with Gasteiger partial charge in [0.1, 0.15) is 6.07 Å². The van der Waals surface area contributed by atoms with Crippen molar-refractivity contribution in [2.45, 2.75) is 0 Å². The van der Waals surface area contributed by atoms with Crippen molar-refractivity contribution in [1.29, 1.82) is 5.26 Å². The van der Waals surface area contributed by atoms with Gasteiger partial charge in [0.15, 0.2) is 17.3 Å². The van der Waals surface area contributed by atoms with Crippen molar-refractivity contribution in [3.05, 3.63) is 29.3 Å².